The van der Waals surface area contributed by atoms with Crippen LogP contribution in [0, 0.1) is 5.92 Å². The van der Waals surface area contributed by atoms with Crippen LogP contribution in [0.3, 0.4) is 0 Å². The lowest BCUT2D eigenvalue weighted by atomic mass is 10.0. The van der Waals surface area contributed by atoms with Crippen LogP contribution < -0.4 is 0 Å². The maximum Gasteiger partial charge on any atom is 0.306 e. The minimum absolute atomic E-state index is 0.0633. The third-order valence-electron chi connectivity index (χ3n) is 11.3. The molecule has 0 saturated carbocycles. The Kier molecular flexibility index (Phi) is 43.2. The van der Waals surface area contributed by atoms with Crippen LogP contribution in [0.2, 0.25) is 0 Å². The predicted molar refractivity (Wildman–Crippen MR) is 238 cm³/mol. The second-order valence-electron chi connectivity index (χ2n) is 17.6. The number of hydrogen-bond donors (Lipinski definition) is 0. The summed E-state index contributed by atoms with van der Waals surface area (Å²) in [7, 11) is 0. The van der Waals surface area contributed by atoms with Gasteiger partial charge in [-0.25, -0.2) is 0 Å². The van der Waals surface area contributed by atoms with Crippen molar-refractivity contribution in [3.8, 4) is 0 Å². The number of esters is 3. The fourth-order valence-corrected chi connectivity index (χ4v) is 7.51. The molecule has 0 unspecified atom stereocenters. The lowest BCUT2D eigenvalue weighted by molar-refractivity contribution is -0.167. The highest BCUT2D eigenvalue weighted by atomic mass is 16.6. The standard InChI is InChI=1S/C50H96O6/c1-5-7-9-11-13-15-17-19-20-21-23-24-29-33-37-41-48(51)54-44-47(45-55-49(52)42-38-34-30-27-26-28-32-36-40-46(3)4)56-50(53)43-39-35-31-25-22-18-16-14-12-10-8-6-2/h46-47H,5-45H2,1-4H3/t47-/m1/s1. The molecule has 6 heteroatoms. The van der Waals surface area contributed by atoms with Gasteiger partial charge in [-0.3, -0.25) is 14.4 Å². The molecule has 0 fully saturated rings. The molecule has 6 nitrogen and oxygen atoms in total. The molecule has 0 aromatic rings. The summed E-state index contributed by atoms with van der Waals surface area (Å²) in [4.78, 5) is 37.8. The van der Waals surface area contributed by atoms with Crippen LogP contribution in [-0.2, 0) is 28.6 Å². The van der Waals surface area contributed by atoms with Crippen molar-refractivity contribution in [2.24, 2.45) is 5.92 Å². The van der Waals surface area contributed by atoms with E-state index in [0.717, 1.165) is 63.7 Å². The highest BCUT2D eigenvalue weighted by molar-refractivity contribution is 5.71. The van der Waals surface area contributed by atoms with E-state index in [0.29, 0.717) is 19.3 Å². The van der Waals surface area contributed by atoms with Crippen molar-refractivity contribution in [3.63, 3.8) is 0 Å². The Hall–Kier alpha value is -1.59. The Balaban J connectivity index is 4.30. The number of carbonyl (C=O) groups is 3. The van der Waals surface area contributed by atoms with Gasteiger partial charge in [0.1, 0.15) is 13.2 Å². The second-order valence-corrected chi connectivity index (χ2v) is 17.6. The molecule has 0 saturated heterocycles. The van der Waals surface area contributed by atoms with Crippen molar-refractivity contribution in [2.75, 3.05) is 13.2 Å². The first kappa shape index (κ1) is 54.4. The summed E-state index contributed by atoms with van der Waals surface area (Å²) in [5.74, 6) is -0.0525. The molecule has 56 heavy (non-hydrogen) atoms. The maximum atomic E-state index is 12.7. The Morgan fingerprint density at radius 2 is 0.589 bits per heavy atom. The van der Waals surface area contributed by atoms with Gasteiger partial charge < -0.3 is 14.2 Å². The molecule has 0 aliphatic carbocycles. The topological polar surface area (TPSA) is 78.9 Å². The van der Waals surface area contributed by atoms with Gasteiger partial charge in [0, 0.05) is 19.3 Å². The van der Waals surface area contributed by atoms with Gasteiger partial charge in [0.15, 0.2) is 6.10 Å². The average molecular weight is 793 g/mol. The fraction of sp³-hybridized carbons (Fsp3) is 0.940. The first-order chi connectivity index (χ1) is 27.4. The zero-order valence-electron chi connectivity index (χ0n) is 38.1. The van der Waals surface area contributed by atoms with E-state index in [-0.39, 0.29) is 31.1 Å². The fourth-order valence-electron chi connectivity index (χ4n) is 7.51. The smallest absolute Gasteiger partial charge is 0.306 e. The van der Waals surface area contributed by atoms with Crippen molar-refractivity contribution >= 4 is 17.9 Å². The Bertz CT molecular complexity index is 841. The summed E-state index contributed by atoms with van der Waals surface area (Å²) in [6.45, 7) is 8.98. The lowest BCUT2D eigenvalue weighted by Gasteiger charge is -2.18. The average Bonchev–Trinajstić information content (AvgIpc) is 3.18. The summed E-state index contributed by atoms with van der Waals surface area (Å²) in [5.41, 5.74) is 0. The second kappa shape index (κ2) is 44.5. The van der Waals surface area contributed by atoms with Crippen LogP contribution in [0.5, 0.6) is 0 Å². The molecule has 332 valence electrons. The number of unbranched alkanes of at least 4 members (excludes halogenated alkanes) is 32. The molecule has 0 aliphatic heterocycles. The van der Waals surface area contributed by atoms with E-state index in [1.807, 2.05) is 0 Å². The van der Waals surface area contributed by atoms with Gasteiger partial charge in [0.25, 0.3) is 0 Å². The van der Waals surface area contributed by atoms with Gasteiger partial charge in [-0.1, -0.05) is 240 Å². The highest BCUT2D eigenvalue weighted by Crippen LogP contribution is 2.17. The van der Waals surface area contributed by atoms with Crippen molar-refractivity contribution in [1.82, 2.24) is 0 Å². The third kappa shape index (κ3) is 43.5. The van der Waals surface area contributed by atoms with Crippen LogP contribution in [0.25, 0.3) is 0 Å². The summed E-state index contributed by atoms with van der Waals surface area (Å²) >= 11 is 0. The van der Waals surface area contributed by atoms with Gasteiger partial charge in [0.05, 0.1) is 0 Å². The van der Waals surface area contributed by atoms with Gasteiger partial charge >= 0.3 is 17.9 Å². The Labute approximate surface area is 348 Å². The molecule has 1 atom stereocenters. The van der Waals surface area contributed by atoms with E-state index in [4.69, 9.17) is 14.2 Å². The van der Waals surface area contributed by atoms with E-state index in [1.165, 1.54) is 173 Å². The minimum Gasteiger partial charge on any atom is -0.462 e. The van der Waals surface area contributed by atoms with Crippen molar-refractivity contribution in [1.29, 1.82) is 0 Å². The van der Waals surface area contributed by atoms with Gasteiger partial charge in [-0.15, -0.1) is 0 Å². The van der Waals surface area contributed by atoms with Crippen LogP contribution in [0.15, 0.2) is 0 Å². The molecule has 0 heterocycles. The van der Waals surface area contributed by atoms with Gasteiger partial charge in [0.2, 0.25) is 0 Å². The molecule has 0 spiro atoms. The van der Waals surface area contributed by atoms with Crippen LogP contribution >= 0.6 is 0 Å². The minimum atomic E-state index is -0.760. The number of hydrogen-bond acceptors (Lipinski definition) is 6. The SMILES string of the molecule is CCCCCCCCCCCCCCCCCC(=O)OC[C@H](COC(=O)CCCCCCCCCCC(C)C)OC(=O)CCCCCCCCCCCCCC. The third-order valence-corrected chi connectivity index (χ3v) is 11.3. The van der Waals surface area contributed by atoms with E-state index in [1.54, 1.807) is 0 Å². The Morgan fingerprint density at radius 1 is 0.339 bits per heavy atom. The summed E-state index contributed by atoms with van der Waals surface area (Å²) in [6, 6.07) is 0. The molecule has 0 amide bonds. The Morgan fingerprint density at radius 3 is 0.875 bits per heavy atom. The zero-order chi connectivity index (χ0) is 41.0. The molecule has 0 radical (unpaired) electrons. The quantitative estimate of drug-likeness (QED) is 0.0347. The molecular formula is C50H96O6. The normalized spacial score (nSPS) is 11.9. The first-order valence-electron chi connectivity index (χ1n) is 24.9. The maximum absolute atomic E-state index is 12.7. The van der Waals surface area contributed by atoms with E-state index in [2.05, 4.69) is 27.7 Å². The molecule has 0 aliphatic rings. The summed E-state index contributed by atoms with van der Waals surface area (Å²) in [5, 5.41) is 0. The van der Waals surface area contributed by atoms with Gasteiger partial charge in [-0.2, -0.15) is 0 Å². The zero-order valence-corrected chi connectivity index (χ0v) is 38.1. The summed E-state index contributed by atoms with van der Waals surface area (Å²) in [6.07, 6.45) is 45.1. The van der Waals surface area contributed by atoms with Crippen molar-refractivity contribution in [2.45, 2.75) is 284 Å². The largest absolute Gasteiger partial charge is 0.462 e. The predicted octanol–water partition coefficient (Wildman–Crippen LogP) is 15.9. The van der Waals surface area contributed by atoms with Crippen LogP contribution in [-0.4, -0.2) is 37.2 Å². The van der Waals surface area contributed by atoms with Crippen LogP contribution in [0.4, 0.5) is 0 Å². The molecule has 0 N–H and O–H groups in total. The van der Waals surface area contributed by atoms with Crippen LogP contribution in [0.1, 0.15) is 278 Å². The van der Waals surface area contributed by atoms with Gasteiger partial charge in [-0.05, 0) is 25.2 Å². The van der Waals surface area contributed by atoms with E-state index >= 15 is 0 Å². The number of rotatable bonds is 45. The highest BCUT2D eigenvalue weighted by Gasteiger charge is 2.19. The molecule has 0 aromatic carbocycles. The summed E-state index contributed by atoms with van der Waals surface area (Å²) < 4.78 is 16.8. The van der Waals surface area contributed by atoms with E-state index < -0.39 is 6.10 Å². The molecule has 0 aromatic heterocycles. The lowest BCUT2D eigenvalue weighted by Crippen LogP contribution is -2.30. The van der Waals surface area contributed by atoms with Crippen molar-refractivity contribution < 1.29 is 28.6 Å². The molecular weight excluding hydrogens is 697 g/mol. The number of ether oxygens (including phenoxy) is 3. The monoisotopic (exact) mass is 793 g/mol. The van der Waals surface area contributed by atoms with Crippen molar-refractivity contribution in [3.05, 3.63) is 0 Å². The molecule has 0 bridgehead atoms. The first-order valence-corrected chi connectivity index (χ1v) is 24.9. The van der Waals surface area contributed by atoms with E-state index in [9.17, 15) is 14.4 Å². The number of carbonyl (C=O) groups excluding carboxylic acids is 3. The molecule has 0 rings (SSSR count).